The van der Waals surface area contributed by atoms with Gasteiger partial charge in [-0.25, -0.2) is 0 Å². The summed E-state index contributed by atoms with van der Waals surface area (Å²) in [6, 6.07) is 57.1. The Morgan fingerprint density at radius 1 is 0.316 bits per heavy atom. The molecule has 4 nitrogen and oxygen atoms in total. The van der Waals surface area contributed by atoms with Gasteiger partial charge in [-0.05, 0) is 167 Å². The van der Waals surface area contributed by atoms with Gasteiger partial charge in [-0.3, -0.25) is 0 Å². The summed E-state index contributed by atoms with van der Waals surface area (Å²) >= 11 is 0. The Labute approximate surface area is 579 Å². The highest BCUT2D eigenvalue weighted by Gasteiger charge is 2.46. The zero-order valence-corrected chi connectivity index (χ0v) is 54.3. The number of hydrogen-bond acceptors (Lipinski definition) is 3. The van der Waals surface area contributed by atoms with Gasteiger partial charge in [0, 0.05) is 55.4 Å². The molecule has 2 aliphatic rings. The number of aromatic nitrogens is 1. The van der Waals surface area contributed by atoms with Gasteiger partial charge in [0.2, 0.25) is 0 Å². The standard InChI is InChI=1S/C90H74BN3O/c1-88(2,3)65-43-47-76-72(53-65)73-54-66(89(4,5)6)44-48-77(73)92(76)78-39-25-37-68-69-38-26-40-79(87(69)95-86(68)78)93-80-49-62(57-27-15-10-16-28-57)41-45-74(80)91-75-46-42-63(58-29-17-11-18-30-58)50-81(75)94(83-52-64(51-82(93)84(83)91)59-31-19-12-20-32-59)85-70(60-33-21-13-22-34-60)55-67(90(7,8)9)56-71(85)61-35-23-14-24-36-61/h10-56H,1-9H3/i10D,11D,12D,15D,16D,17D,18D,19D,20D,27D,28D,29D,30D,31D,32D. The van der Waals surface area contributed by atoms with Crippen LogP contribution in [0.2, 0.25) is 0 Å². The Bertz CT molecular complexity index is 6290. The molecular weight excluding hydrogens is 1150 g/mol. The number of fused-ring (bicyclic) bond motifs is 10. The summed E-state index contributed by atoms with van der Waals surface area (Å²) in [5, 5.41) is 3.70. The van der Waals surface area contributed by atoms with Crippen LogP contribution in [0.3, 0.4) is 0 Å². The molecule has 0 unspecified atom stereocenters. The largest absolute Gasteiger partial charge is 0.452 e. The first-order chi connectivity index (χ1) is 52.2. The third-order valence-corrected chi connectivity index (χ3v) is 19.3. The third-order valence-electron chi connectivity index (χ3n) is 19.3. The van der Waals surface area contributed by atoms with Crippen molar-refractivity contribution in [3.05, 3.63) is 301 Å². The van der Waals surface area contributed by atoms with Crippen LogP contribution in [-0.4, -0.2) is 11.3 Å². The van der Waals surface area contributed by atoms with Gasteiger partial charge >= 0.3 is 0 Å². The van der Waals surface area contributed by atoms with Gasteiger partial charge in [-0.1, -0.05) is 274 Å². The van der Waals surface area contributed by atoms with Gasteiger partial charge in [0.15, 0.2) is 11.2 Å². The van der Waals surface area contributed by atoms with E-state index < -0.39 is 103 Å². The van der Waals surface area contributed by atoms with Crippen LogP contribution in [0.5, 0.6) is 0 Å². The minimum atomic E-state index is -0.821. The summed E-state index contributed by atoms with van der Waals surface area (Å²) in [5.74, 6) is 0. The lowest BCUT2D eigenvalue weighted by molar-refractivity contribution is 0.590. The minimum absolute atomic E-state index is 0.0455. The van der Waals surface area contributed by atoms with Crippen LogP contribution in [0, 0.1) is 0 Å². The molecule has 5 heteroatoms. The molecule has 0 radical (unpaired) electrons. The predicted octanol–water partition coefficient (Wildman–Crippen LogP) is 23.0. The fourth-order valence-corrected chi connectivity index (χ4v) is 14.5. The van der Waals surface area contributed by atoms with Gasteiger partial charge in [0.25, 0.3) is 6.71 Å². The van der Waals surface area contributed by atoms with E-state index in [2.05, 4.69) is 126 Å². The van der Waals surface area contributed by atoms with E-state index in [1.165, 1.54) is 11.1 Å². The van der Waals surface area contributed by atoms with Crippen LogP contribution >= 0.6 is 0 Å². The monoisotopic (exact) mass is 1240 g/mol. The number of furan rings is 1. The molecule has 17 rings (SSSR count). The Hall–Kier alpha value is -10.9. The van der Waals surface area contributed by atoms with Crippen molar-refractivity contribution in [2.45, 2.75) is 78.6 Å². The number of anilines is 6. The fraction of sp³-hybridized carbons (Fsp3) is 0.133. The lowest BCUT2D eigenvalue weighted by Gasteiger charge is -2.45. The van der Waals surface area contributed by atoms with Crippen molar-refractivity contribution in [3.8, 4) is 61.3 Å². The van der Waals surface area contributed by atoms with Gasteiger partial charge in [-0.2, -0.15) is 0 Å². The molecule has 4 heterocycles. The second-order valence-corrected chi connectivity index (χ2v) is 28.2. The first-order valence-electron chi connectivity index (χ1n) is 39.9. The van der Waals surface area contributed by atoms with Crippen molar-refractivity contribution < 1.29 is 25.0 Å². The molecule has 458 valence electrons. The molecule has 0 saturated heterocycles. The fourth-order valence-electron chi connectivity index (χ4n) is 14.5. The molecule has 0 N–H and O–H groups in total. The first kappa shape index (κ1) is 43.9. The van der Waals surface area contributed by atoms with Gasteiger partial charge in [0.05, 0.1) is 48.7 Å². The maximum Gasteiger partial charge on any atom is 0.252 e. The van der Waals surface area contributed by atoms with Gasteiger partial charge in [-0.15, -0.1) is 0 Å². The van der Waals surface area contributed by atoms with Crippen LogP contribution in [-0.2, 0) is 16.2 Å². The average molecular weight is 1240 g/mol. The number of benzene rings is 13. The van der Waals surface area contributed by atoms with E-state index in [-0.39, 0.29) is 38.6 Å². The Kier molecular flexibility index (Phi) is 10.1. The van der Waals surface area contributed by atoms with E-state index in [1.54, 1.807) is 12.1 Å². The second-order valence-electron chi connectivity index (χ2n) is 28.2. The quantitative estimate of drug-likeness (QED) is 0.142. The number of rotatable bonds is 8. The maximum absolute atomic E-state index is 9.91. The molecule has 2 aliphatic heterocycles. The second kappa shape index (κ2) is 21.9. The Morgan fingerprint density at radius 2 is 0.737 bits per heavy atom. The SMILES string of the molecule is [2H]c1c([2H])c([2H])c(-c2ccc3c(c2)N(c2c(-c4ccccc4)cc(C(C)(C)C)cc2-c2ccccc2)c2cc(-c4c([2H])c([2H])c([2H])c([2H])c4[2H])cc4c2B3c2ccc(-c3c([2H])c([2H])c([2H])c([2H])c3[2H])cc2N4c2cccc3c2oc2c(-n4c5ccc(C(C)(C)C)cc5c5cc(C(C)(C)C)ccc54)cccc23)c([2H])c1[2H]. The molecule has 0 atom stereocenters. The molecule has 0 amide bonds. The third kappa shape index (κ3) is 9.57. The first-order valence-corrected chi connectivity index (χ1v) is 32.4. The van der Waals surface area contributed by atoms with Crippen molar-refractivity contribution in [1.82, 2.24) is 4.57 Å². The lowest BCUT2D eigenvalue weighted by atomic mass is 9.33. The molecular formula is C90H74BN3O. The van der Waals surface area contributed by atoms with Crippen LogP contribution in [0.25, 0.3) is 105 Å². The number of nitrogens with zero attached hydrogens (tertiary/aromatic N) is 3. The highest BCUT2D eigenvalue weighted by Crippen LogP contribution is 2.54. The van der Waals surface area contributed by atoms with Gasteiger partial charge in [0.1, 0.15) is 0 Å². The summed E-state index contributed by atoms with van der Waals surface area (Å²) in [6.07, 6.45) is 0. The number of para-hydroxylation sites is 2. The van der Waals surface area contributed by atoms with Crippen LogP contribution < -0.4 is 26.2 Å². The summed E-state index contributed by atoms with van der Waals surface area (Å²) < 4.78 is 149. The molecule has 0 fully saturated rings. The van der Waals surface area contributed by atoms with Crippen molar-refractivity contribution in [2.24, 2.45) is 0 Å². The Morgan fingerprint density at radius 3 is 1.21 bits per heavy atom. The highest BCUT2D eigenvalue weighted by molar-refractivity contribution is 7.00. The maximum atomic E-state index is 9.91. The molecule has 0 saturated carbocycles. The molecule has 0 bridgehead atoms. The normalized spacial score (nSPS) is 15.3. The molecule has 0 aliphatic carbocycles. The van der Waals surface area contributed by atoms with Crippen LogP contribution in [0.15, 0.2) is 289 Å². The molecule has 13 aromatic carbocycles. The van der Waals surface area contributed by atoms with E-state index in [0.717, 1.165) is 66.1 Å². The van der Waals surface area contributed by atoms with Crippen molar-refractivity contribution in [3.63, 3.8) is 0 Å². The van der Waals surface area contributed by atoms with Gasteiger partial charge < -0.3 is 18.8 Å². The average Bonchev–Trinajstić information content (AvgIpc) is 0.778. The van der Waals surface area contributed by atoms with Crippen LogP contribution in [0.4, 0.5) is 34.1 Å². The highest BCUT2D eigenvalue weighted by atomic mass is 16.3. The van der Waals surface area contributed by atoms with Crippen molar-refractivity contribution in [1.29, 1.82) is 0 Å². The topological polar surface area (TPSA) is 24.6 Å². The van der Waals surface area contributed by atoms with E-state index in [0.29, 0.717) is 67.2 Å². The lowest BCUT2D eigenvalue weighted by Crippen LogP contribution is -2.61. The number of hydrogen-bond donors (Lipinski definition) is 0. The van der Waals surface area contributed by atoms with E-state index in [1.807, 2.05) is 132 Å². The van der Waals surface area contributed by atoms with E-state index in [9.17, 15) is 11.0 Å². The summed E-state index contributed by atoms with van der Waals surface area (Å²) in [4.78, 5) is 4.18. The minimum Gasteiger partial charge on any atom is -0.452 e. The van der Waals surface area contributed by atoms with E-state index >= 15 is 0 Å². The molecule has 0 spiro atoms. The smallest absolute Gasteiger partial charge is 0.252 e. The zero-order valence-electron chi connectivity index (χ0n) is 69.3. The summed E-state index contributed by atoms with van der Waals surface area (Å²) in [7, 11) is 0. The summed E-state index contributed by atoms with van der Waals surface area (Å²) in [6.45, 7) is 19.0. The summed E-state index contributed by atoms with van der Waals surface area (Å²) in [5.41, 5.74) is 15.2. The Balaban J connectivity index is 1.05. The molecule has 95 heavy (non-hydrogen) atoms. The zero-order chi connectivity index (χ0) is 77.7. The molecule has 2 aromatic heterocycles. The van der Waals surface area contributed by atoms with Crippen LogP contribution in [0.1, 0.15) is 99.6 Å². The van der Waals surface area contributed by atoms with E-state index in [4.69, 9.17) is 14.0 Å². The molecule has 15 aromatic rings. The predicted molar refractivity (Wildman–Crippen MR) is 405 cm³/mol. The van der Waals surface area contributed by atoms with Crippen molar-refractivity contribution >= 4 is 101 Å². The van der Waals surface area contributed by atoms with Crippen molar-refractivity contribution in [2.75, 3.05) is 9.80 Å².